The van der Waals surface area contributed by atoms with Crippen molar-refractivity contribution in [2.24, 2.45) is 5.11 Å². The zero-order valence-electron chi connectivity index (χ0n) is 6.22. The third-order valence-electron chi connectivity index (χ3n) is 1.29. The predicted octanol–water partition coefficient (Wildman–Crippen LogP) is 2.68. The minimum Gasteiger partial charge on any atom is -0.258 e. The van der Waals surface area contributed by atoms with Crippen LogP contribution in [0.25, 0.3) is 10.4 Å². The van der Waals surface area contributed by atoms with Crippen LogP contribution in [-0.2, 0) is 0 Å². The molecule has 7 heteroatoms. The third kappa shape index (κ3) is 1.91. The average Bonchev–Trinajstić information content (AvgIpc) is 2.08. The molecule has 0 aromatic heterocycles. The maximum Gasteiger partial charge on any atom is 0.281 e. The Kier molecular flexibility index (Phi) is 2.41. The molecule has 0 amide bonds. The molecule has 0 bridgehead atoms. The van der Waals surface area contributed by atoms with E-state index in [0.29, 0.717) is 6.07 Å². The van der Waals surface area contributed by atoms with Crippen molar-refractivity contribution in [1.29, 1.82) is 0 Å². The molecule has 1 aromatic carbocycles. The largest absolute Gasteiger partial charge is 0.281 e. The van der Waals surface area contributed by atoms with Gasteiger partial charge in [0.15, 0.2) is 0 Å². The van der Waals surface area contributed by atoms with Crippen molar-refractivity contribution >= 4 is 11.4 Å². The molecule has 66 valence electrons. The second kappa shape index (κ2) is 3.51. The fourth-order valence-corrected chi connectivity index (χ4v) is 0.776. The van der Waals surface area contributed by atoms with E-state index in [4.69, 9.17) is 5.53 Å². The van der Waals surface area contributed by atoms with Crippen LogP contribution in [0, 0.1) is 15.9 Å². The van der Waals surface area contributed by atoms with Crippen LogP contribution >= 0.6 is 0 Å². The van der Waals surface area contributed by atoms with Crippen molar-refractivity contribution in [1.82, 2.24) is 0 Å². The van der Waals surface area contributed by atoms with E-state index in [0.717, 1.165) is 12.1 Å². The summed E-state index contributed by atoms with van der Waals surface area (Å²) < 4.78 is 12.5. The Morgan fingerprint density at radius 2 is 2.31 bits per heavy atom. The molecule has 0 heterocycles. The summed E-state index contributed by atoms with van der Waals surface area (Å²) in [6.07, 6.45) is 0. The summed E-state index contributed by atoms with van der Waals surface area (Å²) >= 11 is 0. The van der Waals surface area contributed by atoms with Crippen molar-refractivity contribution in [2.75, 3.05) is 0 Å². The van der Waals surface area contributed by atoms with Crippen molar-refractivity contribution < 1.29 is 9.31 Å². The van der Waals surface area contributed by atoms with Gasteiger partial charge in [-0.05, 0) is 17.7 Å². The highest BCUT2D eigenvalue weighted by Crippen LogP contribution is 2.27. The van der Waals surface area contributed by atoms with E-state index in [-0.39, 0.29) is 5.69 Å². The van der Waals surface area contributed by atoms with Gasteiger partial charge < -0.3 is 0 Å². The van der Waals surface area contributed by atoms with Gasteiger partial charge >= 0.3 is 0 Å². The summed E-state index contributed by atoms with van der Waals surface area (Å²) in [7, 11) is 0. The van der Waals surface area contributed by atoms with Gasteiger partial charge in [0.2, 0.25) is 0 Å². The Morgan fingerprint density at radius 1 is 1.62 bits per heavy atom. The number of nitro benzene ring substituents is 1. The van der Waals surface area contributed by atoms with Crippen molar-refractivity contribution in [3.63, 3.8) is 0 Å². The molecule has 0 aliphatic carbocycles. The van der Waals surface area contributed by atoms with E-state index in [1.807, 2.05) is 0 Å². The molecule has 0 saturated carbocycles. The van der Waals surface area contributed by atoms with E-state index < -0.39 is 16.4 Å². The minimum atomic E-state index is -0.812. The normalized spacial score (nSPS) is 9.00. The lowest BCUT2D eigenvalue weighted by molar-refractivity contribution is -0.384. The molecule has 1 aromatic rings. The average molecular weight is 182 g/mol. The summed E-state index contributed by atoms with van der Waals surface area (Å²) in [5, 5.41) is 13.3. The topological polar surface area (TPSA) is 91.9 Å². The minimum absolute atomic E-state index is 0.200. The quantitative estimate of drug-likeness (QED) is 0.231. The van der Waals surface area contributed by atoms with Crippen LogP contribution in [0.4, 0.5) is 15.8 Å². The van der Waals surface area contributed by atoms with Crippen molar-refractivity contribution in [3.8, 4) is 0 Å². The smallest absolute Gasteiger partial charge is 0.258 e. The Morgan fingerprint density at radius 3 is 2.85 bits per heavy atom. The van der Waals surface area contributed by atoms with E-state index in [2.05, 4.69) is 10.0 Å². The fourth-order valence-electron chi connectivity index (χ4n) is 0.776. The molecule has 0 radical (unpaired) electrons. The second-order valence-electron chi connectivity index (χ2n) is 2.08. The number of nitro groups is 1. The molecule has 0 unspecified atom stereocenters. The molecule has 13 heavy (non-hydrogen) atoms. The van der Waals surface area contributed by atoms with Gasteiger partial charge in [0.1, 0.15) is 11.5 Å². The zero-order chi connectivity index (χ0) is 9.84. The van der Waals surface area contributed by atoms with E-state index >= 15 is 0 Å². The molecular weight excluding hydrogens is 179 g/mol. The number of hydrogen-bond acceptors (Lipinski definition) is 3. The first-order valence-corrected chi connectivity index (χ1v) is 3.14. The molecule has 6 nitrogen and oxygen atoms in total. The highest BCUT2D eigenvalue weighted by molar-refractivity contribution is 5.56. The van der Waals surface area contributed by atoms with Crippen LogP contribution < -0.4 is 0 Å². The van der Waals surface area contributed by atoms with Crippen molar-refractivity contribution in [2.45, 2.75) is 0 Å². The summed E-state index contributed by atoms with van der Waals surface area (Å²) in [4.78, 5) is 11.9. The molecule has 0 saturated heterocycles. The monoisotopic (exact) mass is 182 g/mol. The number of azide groups is 1. The Labute approximate surface area is 71.4 Å². The maximum absolute atomic E-state index is 12.5. The highest BCUT2D eigenvalue weighted by Gasteiger charge is 2.12. The Balaban J connectivity index is 3.34. The first-order valence-electron chi connectivity index (χ1n) is 3.14. The van der Waals surface area contributed by atoms with Crippen LogP contribution in [0.15, 0.2) is 23.3 Å². The van der Waals surface area contributed by atoms with Gasteiger partial charge in [0.25, 0.3) is 5.69 Å². The molecule has 0 spiro atoms. The predicted molar refractivity (Wildman–Crippen MR) is 41.9 cm³/mol. The number of benzene rings is 1. The lowest BCUT2D eigenvalue weighted by atomic mass is 10.3. The highest BCUT2D eigenvalue weighted by atomic mass is 19.1. The fraction of sp³-hybridized carbons (Fsp3) is 0. The molecule has 0 aliphatic heterocycles. The van der Waals surface area contributed by atoms with E-state index in [1.165, 1.54) is 0 Å². The van der Waals surface area contributed by atoms with Gasteiger partial charge in [-0.25, -0.2) is 4.39 Å². The summed E-state index contributed by atoms with van der Waals surface area (Å²) in [5.74, 6) is -0.747. The lowest BCUT2D eigenvalue weighted by Gasteiger charge is -1.94. The SMILES string of the molecule is [N-]=[N+]=Nc1ccc(F)cc1[N+](=O)[O-]. The Bertz CT molecular complexity index is 400. The molecule has 0 aliphatic rings. The van der Waals surface area contributed by atoms with Crippen LogP contribution in [0.5, 0.6) is 0 Å². The van der Waals surface area contributed by atoms with Crippen LogP contribution in [0.2, 0.25) is 0 Å². The number of nitrogens with zero attached hydrogens (tertiary/aromatic N) is 4. The maximum atomic E-state index is 12.5. The van der Waals surface area contributed by atoms with Crippen molar-refractivity contribution in [3.05, 3.63) is 44.6 Å². The third-order valence-corrected chi connectivity index (χ3v) is 1.29. The Hall–Kier alpha value is -2.14. The van der Waals surface area contributed by atoms with Gasteiger partial charge in [-0.1, -0.05) is 5.11 Å². The molecule has 0 atom stereocenters. The van der Waals surface area contributed by atoms with E-state index in [1.54, 1.807) is 0 Å². The van der Waals surface area contributed by atoms with Gasteiger partial charge in [-0.3, -0.25) is 10.1 Å². The van der Waals surface area contributed by atoms with Gasteiger partial charge in [0.05, 0.1) is 11.0 Å². The first kappa shape index (κ1) is 8.95. The lowest BCUT2D eigenvalue weighted by Crippen LogP contribution is -1.88. The van der Waals surface area contributed by atoms with Crippen LogP contribution in [-0.4, -0.2) is 4.92 Å². The summed E-state index contributed by atoms with van der Waals surface area (Å²) in [5.41, 5.74) is 7.29. The second-order valence-corrected chi connectivity index (χ2v) is 2.08. The first-order chi connectivity index (χ1) is 6.15. The van der Waals surface area contributed by atoms with Gasteiger partial charge in [-0.15, -0.1) is 0 Å². The number of rotatable bonds is 2. The van der Waals surface area contributed by atoms with Gasteiger partial charge in [0, 0.05) is 4.91 Å². The molecular formula is C6H3FN4O2. The molecule has 0 fully saturated rings. The number of hydrogen-bond donors (Lipinski definition) is 0. The summed E-state index contributed by atoms with van der Waals surface area (Å²) in [6.45, 7) is 0. The van der Waals surface area contributed by atoms with E-state index in [9.17, 15) is 14.5 Å². The van der Waals surface area contributed by atoms with Crippen LogP contribution in [0.1, 0.15) is 0 Å². The molecule has 1 rings (SSSR count). The standard InChI is InChI=1S/C6H3FN4O2/c7-4-1-2-5(9-10-8)6(3-4)11(12)13/h1-3H. The molecule has 0 N–H and O–H groups in total. The van der Waals surface area contributed by atoms with Crippen LogP contribution in [0.3, 0.4) is 0 Å². The summed E-state index contributed by atoms with van der Waals surface area (Å²) in [6, 6.07) is 2.73. The zero-order valence-corrected chi connectivity index (χ0v) is 6.22. The number of halogens is 1. The van der Waals surface area contributed by atoms with Gasteiger partial charge in [-0.2, -0.15) is 0 Å².